The maximum atomic E-state index is 12.6. The zero-order valence-corrected chi connectivity index (χ0v) is 14.0. The van der Waals surface area contributed by atoms with Gasteiger partial charge in [0.25, 0.3) is 11.8 Å². The Morgan fingerprint density at radius 1 is 1.26 bits per heavy atom. The number of hydrogen-bond acceptors (Lipinski definition) is 3. The maximum Gasteiger partial charge on any atom is 0.253 e. The lowest BCUT2D eigenvalue weighted by atomic mass is 9.98. The molecule has 1 fully saturated rings. The van der Waals surface area contributed by atoms with Crippen LogP contribution in [-0.2, 0) is 4.74 Å². The van der Waals surface area contributed by atoms with E-state index in [1.807, 2.05) is 4.90 Å². The SMILES string of the molecule is COCCCNC(=O)c1cccc(C(=O)N2CCC(C)CC2)c1. The Bertz CT molecular complexity index is 537. The molecule has 2 amide bonds. The molecule has 5 nitrogen and oxygen atoms in total. The monoisotopic (exact) mass is 318 g/mol. The van der Waals surface area contributed by atoms with E-state index in [0.29, 0.717) is 30.2 Å². The molecule has 0 aliphatic carbocycles. The van der Waals surface area contributed by atoms with Crippen molar-refractivity contribution < 1.29 is 14.3 Å². The highest BCUT2D eigenvalue weighted by Gasteiger charge is 2.21. The van der Waals surface area contributed by atoms with E-state index in [2.05, 4.69) is 12.2 Å². The molecule has 1 aromatic carbocycles. The van der Waals surface area contributed by atoms with Crippen LogP contribution in [0.4, 0.5) is 0 Å². The van der Waals surface area contributed by atoms with Crippen molar-refractivity contribution in [1.29, 1.82) is 0 Å². The summed E-state index contributed by atoms with van der Waals surface area (Å²) >= 11 is 0. The fraction of sp³-hybridized carbons (Fsp3) is 0.556. The summed E-state index contributed by atoms with van der Waals surface area (Å²) in [6.07, 6.45) is 2.86. The van der Waals surface area contributed by atoms with E-state index >= 15 is 0 Å². The molecule has 1 N–H and O–H groups in total. The molecule has 1 heterocycles. The molecule has 126 valence electrons. The van der Waals surface area contributed by atoms with Crippen LogP contribution in [0.25, 0.3) is 0 Å². The van der Waals surface area contributed by atoms with Crippen molar-refractivity contribution in [3.63, 3.8) is 0 Å². The Hall–Kier alpha value is -1.88. The molecule has 0 atom stereocenters. The lowest BCUT2D eigenvalue weighted by Crippen LogP contribution is -2.38. The van der Waals surface area contributed by atoms with Crippen LogP contribution >= 0.6 is 0 Å². The Morgan fingerprint density at radius 3 is 2.65 bits per heavy atom. The zero-order valence-electron chi connectivity index (χ0n) is 14.0. The van der Waals surface area contributed by atoms with Gasteiger partial charge in [-0.25, -0.2) is 0 Å². The zero-order chi connectivity index (χ0) is 16.7. The molecule has 5 heteroatoms. The van der Waals surface area contributed by atoms with Gasteiger partial charge in [-0.3, -0.25) is 9.59 Å². The summed E-state index contributed by atoms with van der Waals surface area (Å²) in [4.78, 5) is 26.6. The topological polar surface area (TPSA) is 58.6 Å². The maximum absolute atomic E-state index is 12.6. The van der Waals surface area contributed by atoms with Crippen LogP contribution in [0.15, 0.2) is 24.3 Å². The van der Waals surface area contributed by atoms with Crippen LogP contribution in [-0.4, -0.2) is 50.1 Å². The lowest BCUT2D eigenvalue weighted by Gasteiger charge is -2.30. The first-order valence-corrected chi connectivity index (χ1v) is 8.28. The van der Waals surface area contributed by atoms with E-state index < -0.39 is 0 Å². The van der Waals surface area contributed by atoms with Gasteiger partial charge in [0.05, 0.1) is 0 Å². The Balaban J connectivity index is 1.96. The van der Waals surface area contributed by atoms with Crippen LogP contribution in [0.5, 0.6) is 0 Å². The minimum Gasteiger partial charge on any atom is -0.385 e. The van der Waals surface area contributed by atoms with Crippen LogP contribution in [0, 0.1) is 5.92 Å². The van der Waals surface area contributed by atoms with Crippen molar-refractivity contribution in [3.8, 4) is 0 Å². The van der Waals surface area contributed by atoms with Gasteiger partial charge in [0.2, 0.25) is 0 Å². The number of likely N-dealkylation sites (tertiary alicyclic amines) is 1. The van der Waals surface area contributed by atoms with E-state index in [-0.39, 0.29) is 11.8 Å². The molecule has 0 saturated carbocycles. The number of nitrogens with zero attached hydrogens (tertiary/aromatic N) is 1. The Morgan fingerprint density at radius 2 is 1.96 bits per heavy atom. The molecule has 0 spiro atoms. The van der Waals surface area contributed by atoms with Crippen LogP contribution in [0.1, 0.15) is 46.9 Å². The van der Waals surface area contributed by atoms with Crippen molar-refractivity contribution in [2.45, 2.75) is 26.2 Å². The normalized spacial score (nSPS) is 15.5. The summed E-state index contributed by atoms with van der Waals surface area (Å²) in [5.41, 5.74) is 1.11. The summed E-state index contributed by atoms with van der Waals surface area (Å²) < 4.78 is 4.95. The van der Waals surface area contributed by atoms with E-state index in [4.69, 9.17) is 4.74 Å². The smallest absolute Gasteiger partial charge is 0.253 e. The number of nitrogens with one attached hydrogen (secondary N) is 1. The summed E-state index contributed by atoms with van der Waals surface area (Å²) in [5.74, 6) is 0.553. The molecule has 23 heavy (non-hydrogen) atoms. The first-order valence-electron chi connectivity index (χ1n) is 8.28. The third-order valence-corrected chi connectivity index (χ3v) is 4.25. The summed E-state index contributed by atoms with van der Waals surface area (Å²) in [5, 5.41) is 2.84. The van der Waals surface area contributed by atoms with Gasteiger partial charge in [-0.1, -0.05) is 13.0 Å². The van der Waals surface area contributed by atoms with Crippen molar-refractivity contribution in [2.75, 3.05) is 33.4 Å². The first kappa shape index (κ1) is 17.5. The van der Waals surface area contributed by atoms with Crippen molar-refractivity contribution >= 4 is 11.8 Å². The average Bonchev–Trinajstić information content (AvgIpc) is 2.59. The molecule has 0 radical (unpaired) electrons. The fourth-order valence-corrected chi connectivity index (χ4v) is 2.71. The van der Waals surface area contributed by atoms with Gasteiger partial charge in [-0.2, -0.15) is 0 Å². The highest BCUT2D eigenvalue weighted by molar-refractivity contribution is 5.99. The van der Waals surface area contributed by atoms with Gasteiger partial charge >= 0.3 is 0 Å². The molecular formula is C18H26N2O3. The summed E-state index contributed by atoms with van der Waals surface area (Å²) in [6.45, 7) is 5.00. The van der Waals surface area contributed by atoms with Gasteiger partial charge in [0, 0.05) is 44.5 Å². The Kier molecular flexibility index (Phi) is 6.59. The molecule has 1 saturated heterocycles. The molecule has 0 aromatic heterocycles. The number of methoxy groups -OCH3 is 1. The number of piperidine rings is 1. The van der Waals surface area contributed by atoms with Crippen LogP contribution < -0.4 is 5.32 Å². The van der Waals surface area contributed by atoms with Gasteiger partial charge < -0.3 is 15.0 Å². The van der Waals surface area contributed by atoms with Crippen molar-refractivity contribution in [2.24, 2.45) is 5.92 Å². The molecule has 1 aliphatic rings. The molecule has 0 bridgehead atoms. The van der Waals surface area contributed by atoms with Crippen LogP contribution in [0.2, 0.25) is 0 Å². The van der Waals surface area contributed by atoms with Crippen LogP contribution in [0.3, 0.4) is 0 Å². The van der Waals surface area contributed by atoms with Gasteiger partial charge in [-0.05, 0) is 43.4 Å². The standard InChI is InChI=1S/C18H26N2O3/c1-14-7-10-20(11-8-14)18(22)16-6-3-5-15(13-16)17(21)19-9-4-12-23-2/h3,5-6,13-14H,4,7-12H2,1-2H3,(H,19,21). The second-order valence-corrected chi connectivity index (χ2v) is 6.16. The number of ether oxygens (including phenoxy) is 1. The van der Waals surface area contributed by atoms with Gasteiger partial charge in [0.1, 0.15) is 0 Å². The van der Waals surface area contributed by atoms with E-state index in [0.717, 1.165) is 32.4 Å². The van der Waals surface area contributed by atoms with Crippen molar-refractivity contribution in [1.82, 2.24) is 10.2 Å². The molecule has 1 aromatic rings. The first-order chi connectivity index (χ1) is 11.1. The number of hydrogen-bond donors (Lipinski definition) is 1. The third kappa shape index (κ3) is 5.06. The highest BCUT2D eigenvalue weighted by atomic mass is 16.5. The molecule has 0 unspecified atom stereocenters. The number of benzene rings is 1. The second kappa shape index (κ2) is 8.67. The third-order valence-electron chi connectivity index (χ3n) is 4.25. The lowest BCUT2D eigenvalue weighted by molar-refractivity contribution is 0.0697. The van der Waals surface area contributed by atoms with E-state index in [1.54, 1.807) is 31.4 Å². The van der Waals surface area contributed by atoms with Crippen molar-refractivity contribution in [3.05, 3.63) is 35.4 Å². The highest BCUT2D eigenvalue weighted by Crippen LogP contribution is 2.18. The quantitative estimate of drug-likeness (QED) is 0.819. The minimum absolute atomic E-state index is 0.0194. The largest absolute Gasteiger partial charge is 0.385 e. The predicted octanol–water partition coefficient (Wildman–Crippen LogP) is 2.33. The minimum atomic E-state index is -0.150. The fourth-order valence-electron chi connectivity index (χ4n) is 2.71. The molecular weight excluding hydrogens is 292 g/mol. The van der Waals surface area contributed by atoms with Gasteiger partial charge in [0.15, 0.2) is 0 Å². The summed E-state index contributed by atoms with van der Waals surface area (Å²) in [6, 6.07) is 6.97. The molecule has 2 rings (SSSR count). The number of amides is 2. The Labute approximate surface area is 138 Å². The molecule has 1 aliphatic heterocycles. The average molecular weight is 318 g/mol. The van der Waals surface area contributed by atoms with E-state index in [1.165, 1.54) is 0 Å². The predicted molar refractivity (Wildman–Crippen MR) is 89.6 cm³/mol. The number of carbonyl (C=O) groups is 2. The number of rotatable bonds is 6. The van der Waals surface area contributed by atoms with E-state index in [9.17, 15) is 9.59 Å². The second-order valence-electron chi connectivity index (χ2n) is 6.16. The van der Waals surface area contributed by atoms with Gasteiger partial charge in [-0.15, -0.1) is 0 Å². The summed E-state index contributed by atoms with van der Waals surface area (Å²) in [7, 11) is 1.64. The number of carbonyl (C=O) groups excluding carboxylic acids is 2.